The van der Waals surface area contributed by atoms with E-state index in [4.69, 9.17) is 0 Å². The van der Waals surface area contributed by atoms with Crippen molar-refractivity contribution in [2.24, 2.45) is 0 Å². The van der Waals surface area contributed by atoms with Crippen molar-refractivity contribution >= 4 is 0 Å². The Kier molecular flexibility index (Phi) is 3.74. The first-order chi connectivity index (χ1) is 8.58. The Morgan fingerprint density at radius 2 is 1.83 bits per heavy atom. The van der Waals surface area contributed by atoms with Crippen LogP contribution in [-0.4, -0.2) is 29.8 Å². The predicted octanol–water partition coefficient (Wildman–Crippen LogP) is 1.95. The van der Waals surface area contributed by atoms with Crippen LogP contribution in [0.5, 0.6) is 0 Å². The van der Waals surface area contributed by atoms with Crippen molar-refractivity contribution in [1.29, 1.82) is 0 Å². The van der Waals surface area contributed by atoms with Crippen LogP contribution in [0.2, 0.25) is 0 Å². The Hall–Kier alpha value is -1.72. The zero-order valence-corrected chi connectivity index (χ0v) is 11.4. The number of nitrogens with zero attached hydrogens (tertiary/aromatic N) is 6. The van der Waals surface area contributed by atoms with E-state index in [2.05, 4.69) is 41.1 Å². The van der Waals surface area contributed by atoms with Crippen molar-refractivity contribution in [2.75, 3.05) is 0 Å². The van der Waals surface area contributed by atoms with E-state index in [-0.39, 0.29) is 6.04 Å². The van der Waals surface area contributed by atoms with Gasteiger partial charge in [-0.15, -0.1) is 0 Å². The summed E-state index contributed by atoms with van der Waals surface area (Å²) in [5.41, 5.74) is 0. The quantitative estimate of drug-likeness (QED) is 0.811. The average molecular weight is 248 g/mol. The van der Waals surface area contributed by atoms with Crippen LogP contribution >= 0.6 is 0 Å². The van der Waals surface area contributed by atoms with Crippen LogP contribution < -0.4 is 0 Å². The minimum Gasteiger partial charge on any atom is -0.248 e. The molecule has 0 aliphatic heterocycles. The fourth-order valence-corrected chi connectivity index (χ4v) is 1.96. The molecule has 1 unspecified atom stereocenters. The van der Waals surface area contributed by atoms with Gasteiger partial charge >= 0.3 is 0 Å². The molecule has 18 heavy (non-hydrogen) atoms. The van der Waals surface area contributed by atoms with E-state index in [0.717, 1.165) is 24.5 Å². The summed E-state index contributed by atoms with van der Waals surface area (Å²) in [7, 11) is 0. The lowest BCUT2D eigenvalue weighted by Gasteiger charge is -2.08. The Balaban J connectivity index is 1.96. The minimum atomic E-state index is 0.270. The van der Waals surface area contributed by atoms with Gasteiger partial charge in [0.15, 0.2) is 5.82 Å². The lowest BCUT2D eigenvalue weighted by molar-refractivity contribution is 0.405. The second kappa shape index (κ2) is 5.29. The molecule has 6 heteroatoms. The summed E-state index contributed by atoms with van der Waals surface area (Å²) in [4.78, 5) is 6.22. The smallest absolute Gasteiger partial charge is 0.151 e. The SMILES string of the molecule is Cc1nc(CCC(C)n2nccn2)nn1C(C)C. The molecule has 0 radical (unpaired) electrons. The summed E-state index contributed by atoms with van der Waals surface area (Å²) in [6.45, 7) is 8.32. The van der Waals surface area contributed by atoms with Gasteiger partial charge in [-0.25, -0.2) is 9.67 Å². The molecule has 6 nitrogen and oxygen atoms in total. The van der Waals surface area contributed by atoms with Gasteiger partial charge in [0, 0.05) is 12.5 Å². The van der Waals surface area contributed by atoms with Crippen molar-refractivity contribution in [3.05, 3.63) is 24.0 Å². The van der Waals surface area contributed by atoms with E-state index in [1.54, 1.807) is 17.2 Å². The van der Waals surface area contributed by atoms with Crippen LogP contribution in [0.25, 0.3) is 0 Å². The molecule has 0 bridgehead atoms. The van der Waals surface area contributed by atoms with Crippen molar-refractivity contribution in [3.63, 3.8) is 0 Å². The van der Waals surface area contributed by atoms with Gasteiger partial charge in [0.2, 0.25) is 0 Å². The molecular weight excluding hydrogens is 228 g/mol. The third-order valence-electron chi connectivity index (χ3n) is 2.95. The van der Waals surface area contributed by atoms with Crippen molar-refractivity contribution in [1.82, 2.24) is 29.8 Å². The van der Waals surface area contributed by atoms with Gasteiger partial charge in [-0.05, 0) is 34.1 Å². The first kappa shape index (κ1) is 12.7. The molecule has 0 aliphatic carbocycles. The number of aryl methyl sites for hydroxylation is 2. The first-order valence-electron chi connectivity index (χ1n) is 6.35. The molecule has 2 rings (SSSR count). The summed E-state index contributed by atoms with van der Waals surface area (Å²) >= 11 is 0. The number of hydrogen-bond acceptors (Lipinski definition) is 4. The van der Waals surface area contributed by atoms with Gasteiger partial charge in [0.25, 0.3) is 0 Å². The van der Waals surface area contributed by atoms with Gasteiger partial charge in [0.05, 0.1) is 18.4 Å². The molecule has 2 aromatic heterocycles. The summed E-state index contributed by atoms with van der Waals surface area (Å²) < 4.78 is 1.96. The summed E-state index contributed by atoms with van der Waals surface area (Å²) in [5, 5.41) is 12.8. The van der Waals surface area contributed by atoms with Gasteiger partial charge in [-0.3, -0.25) is 0 Å². The maximum absolute atomic E-state index is 4.52. The fourth-order valence-electron chi connectivity index (χ4n) is 1.96. The van der Waals surface area contributed by atoms with Crippen LogP contribution in [0.1, 0.15) is 50.9 Å². The highest BCUT2D eigenvalue weighted by Gasteiger charge is 2.11. The van der Waals surface area contributed by atoms with Crippen LogP contribution in [0, 0.1) is 6.92 Å². The average Bonchev–Trinajstić information content (AvgIpc) is 2.94. The van der Waals surface area contributed by atoms with Crippen LogP contribution in [-0.2, 0) is 6.42 Å². The van der Waals surface area contributed by atoms with E-state index in [1.807, 2.05) is 11.6 Å². The van der Waals surface area contributed by atoms with Crippen LogP contribution in [0.15, 0.2) is 12.4 Å². The zero-order valence-electron chi connectivity index (χ0n) is 11.4. The van der Waals surface area contributed by atoms with E-state index in [9.17, 15) is 0 Å². The van der Waals surface area contributed by atoms with Gasteiger partial charge in [0.1, 0.15) is 5.82 Å². The Bertz CT molecular complexity index is 485. The number of hydrogen-bond donors (Lipinski definition) is 0. The van der Waals surface area contributed by atoms with Crippen LogP contribution in [0.3, 0.4) is 0 Å². The fraction of sp³-hybridized carbons (Fsp3) is 0.667. The standard InChI is InChI=1S/C12H20N6/c1-9(2)17-11(4)15-12(16-17)6-5-10(3)18-13-7-8-14-18/h7-10H,5-6H2,1-4H3. The number of aromatic nitrogens is 6. The third kappa shape index (κ3) is 2.75. The van der Waals surface area contributed by atoms with Gasteiger partial charge < -0.3 is 0 Å². The Morgan fingerprint density at radius 3 is 2.39 bits per heavy atom. The molecule has 2 heterocycles. The van der Waals surface area contributed by atoms with Crippen LogP contribution in [0.4, 0.5) is 0 Å². The van der Waals surface area contributed by atoms with E-state index >= 15 is 0 Å². The Labute approximate surface area is 107 Å². The summed E-state index contributed by atoms with van der Waals surface area (Å²) in [5.74, 6) is 1.88. The molecule has 0 saturated carbocycles. The van der Waals surface area contributed by atoms with E-state index < -0.39 is 0 Å². The van der Waals surface area contributed by atoms with Crippen molar-refractivity contribution < 1.29 is 0 Å². The molecule has 1 atom stereocenters. The van der Waals surface area contributed by atoms with Gasteiger partial charge in [-0.2, -0.15) is 20.1 Å². The maximum atomic E-state index is 4.52. The highest BCUT2D eigenvalue weighted by Crippen LogP contribution is 2.12. The molecule has 0 spiro atoms. The molecule has 0 aromatic carbocycles. The highest BCUT2D eigenvalue weighted by molar-refractivity contribution is 4.92. The third-order valence-corrected chi connectivity index (χ3v) is 2.95. The minimum absolute atomic E-state index is 0.270. The molecule has 2 aromatic rings. The molecule has 0 aliphatic rings. The second-order valence-corrected chi connectivity index (χ2v) is 4.85. The molecule has 98 valence electrons. The van der Waals surface area contributed by atoms with E-state index in [1.165, 1.54) is 0 Å². The molecule has 0 fully saturated rings. The van der Waals surface area contributed by atoms with Crippen molar-refractivity contribution in [2.45, 2.75) is 52.6 Å². The predicted molar refractivity (Wildman–Crippen MR) is 68.2 cm³/mol. The molecular formula is C12H20N6. The lowest BCUT2D eigenvalue weighted by atomic mass is 10.2. The lowest BCUT2D eigenvalue weighted by Crippen LogP contribution is -2.10. The summed E-state index contributed by atoms with van der Waals surface area (Å²) in [6, 6.07) is 0.628. The van der Waals surface area contributed by atoms with Gasteiger partial charge in [-0.1, -0.05) is 0 Å². The largest absolute Gasteiger partial charge is 0.248 e. The monoisotopic (exact) mass is 248 g/mol. The van der Waals surface area contributed by atoms with E-state index in [0.29, 0.717) is 6.04 Å². The normalized spacial score (nSPS) is 13.2. The zero-order chi connectivity index (χ0) is 13.1. The number of rotatable bonds is 5. The molecule has 0 amide bonds. The topological polar surface area (TPSA) is 61.4 Å². The first-order valence-corrected chi connectivity index (χ1v) is 6.35. The molecule has 0 saturated heterocycles. The van der Waals surface area contributed by atoms with Crippen molar-refractivity contribution in [3.8, 4) is 0 Å². The summed E-state index contributed by atoms with van der Waals surface area (Å²) in [6.07, 6.45) is 5.19. The maximum Gasteiger partial charge on any atom is 0.151 e. The second-order valence-electron chi connectivity index (χ2n) is 4.85. The highest BCUT2D eigenvalue weighted by atomic mass is 15.5. The molecule has 0 N–H and O–H groups in total. The Morgan fingerprint density at radius 1 is 1.17 bits per heavy atom.